The molecule has 0 bridgehead atoms. The third kappa shape index (κ3) is 1.35. The minimum absolute atomic E-state index is 0. The zero-order valence-corrected chi connectivity index (χ0v) is 4.60. The fraction of sp³-hybridized carbons (Fsp3) is 0. The first kappa shape index (κ1) is 5.87. The molecule has 0 radical (unpaired) electrons. The monoisotopic (exact) mass is 175 g/mol. The fourth-order valence-electron chi connectivity index (χ4n) is 0.241. The molecule has 6 heavy (non-hydrogen) atoms. The van der Waals surface area contributed by atoms with Gasteiger partial charge in [-0.05, 0) is 0 Å². The molecule has 0 unspecified atom stereocenters. The Morgan fingerprint density at radius 2 is 2.33 bits per heavy atom. The normalized spacial score (nSPS) is 6.67. The zero-order valence-electron chi connectivity index (χ0n) is 3.05. The molecule has 0 saturated carbocycles. The molecular weight excluding hydrogens is 170 g/mol. The van der Waals surface area contributed by atoms with Crippen LogP contribution in [0.4, 0.5) is 0 Å². The van der Waals surface area contributed by atoms with E-state index in [1.54, 1.807) is 6.33 Å². The van der Waals surface area contributed by atoms with Crippen molar-refractivity contribution >= 4 is 0 Å². The van der Waals surface area contributed by atoms with E-state index in [1.165, 1.54) is 0 Å². The largest absolute Gasteiger partial charge is 2.00 e. The Balaban J connectivity index is 0.000000250. The van der Waals surface area contributed by atoms with Crippen molar-refractivity contribution in [2.75, 3.05) is 0 Å². The standard InChI is InChI=1S/C3H4N2.Pd/c1-2-5-3-4-1;/h1-3H,(H,4,5);/q;+2/p+1. The summed E-state index contributed by atoms with van der Waals surface area (Å²) in [4.78, 5) is 5.61. The Morgan fingerprint density at radius 1 is 1.50 bits per heavy atom. The predicted molar refractivity (Wildman–Crippen MR) is 17.3 cm³/mol. The summed E-state index contributed by atoms with van der Waals surface area (Å²) in [5.41, 5.74) is 0. The Bertz CT molecular complexity index is 65.3. The van der Waals surface area contributed by atoms with Gasteiger partial charge in [0.15, 0.2) is 0 Å². The topological polar surface area (TPSA) is 29.9 Å². The molecule has 1 rings (SSSR count). The van der Waals surface area contributed by atoms with E-state index < -0.39 is 0 Å². The van der Waals surface area contributed by atoms with Crippen LogP contribution >= 0.6 is 0 Å². The third-order valence-corrected chi connectivity index (χ3v) is 0.442. The van der Waals surface area contributed by atoms with Crippen molar-refractivity contribution in [3.63, 3.8) is 0 Å². The molecule has 0 saturated heterocycles. The molecule has 0 aliphatic heterocycles. The van der Waals surface area contributed by atoms with E-state index in [1.807, 2.05) is 12.4 Å². The van der Waals surface area contributed by atoms with Crippen LogP contribution in [0.1, 0.15) is 0 Å². The molecule has 0 aliphatic rings. The predicted octanol–water partition coefficient (Wildman–Crippen LogP) is -0.174. The zero-order chi connectivity index (χ0) is 3.54. The summed E-state index contributed by atoms with van der Waals surface area (Å²) in [6.45, 7) is 0. The van der Waals surface area contributed by atoms with E-state index in [4.69, 9.17) is 0 Å². The van der Waals surface area contributed by atoms with Crippen molar-refractivity contribution in [2.45, 2.75) is 0 Å². The maximum absolute atomic E-state index is 2.81. The van der Waals surface area contributed by atoms with Crippen molar-refractivity contribution in [3.05, 3.63) is 18.7 Å². The number of imidazole rings is 1. The van der Waals surface area contributed by atoms with Crippen LogP contribution in [0.25, 0.3) is 0 Å². The van der Waals surface area contributed by atoms with Gasteiger partial charge in [-0.25, -0.2) is 0 Å². The van der Waals surface area contributed by atoms with Gasteiger partial charge in [-0.1, -0.05) is 0 Å². The van der Waals surface area contributed by atoms with Crippen LogP contribution < -0.4 is 4.98 Å². The Hall–Kier alpha value is -0.128. The molecule has 1 aromatic rings. The van der Waals surface area contributed by atoms with Gasteiger partial charge in [0.05, 0.1) is 0 Å². The summed E-state index contributed by atoms with van der Waals surface area (Å²) in [5, 5.41) is 0. The third-order valence-electron chi connectivity index (χ3n) is 0.442. The maximum Gasteiger partial charge on any atom is 2.00 e. The molecule has 2 nitrogen and oxygen atoms in total. The van der Waals surface area contributed by atoms with Gasteiger partial charge in [0, 0.05) is 0 Å². The van der Waals surface area contributed by atoms with E-state index >= 15 is 0 Å². The van der Waals surface area contributed by atoms with E-state index in [9.17, 15) is 0 Å². The second-order valence-corrected chi connectivity index (χ2v) is 0.811. The molecule has 0 aromatic carbocycles. The number of aromatic nitrogens is 2. The molecule has 1 heterocycles. The molecule has 1 aromatic heterocycles. The van der Waals surface area contributed by atoms with Gasteiger partial charge in [0.2, 0.25) is 6.33 Å². The average molecular weight is 176 g/mol. The van der Waals surface area contributed by atoms with Crippen molar-refractivity contribution in [1.82, 2.24) is 4.98 Å². The molecule has 3 heteroatoms. The van der Waals surface area contributed by atoms with Crippen molar-refractivity contribution in [1.29, 1.82) is 0 Å². The molecule has 0 atom stereocenters. The number of nitrogens with one attached hydrogen (secondary N) is 2. The second kappa shape index (κ2) is 3.08. The number of H-pyrrole nitrogens is 2. The molecule has 0 spiro atoms. The maximum atomic E-state index is 2.81. The van der Waals surface area contributed by atoms with Crippen LogP contribution in [0.15, 0.2) is 18.7 Å². The van der Waals surface area contributed by atoms with Crippen LogP contribution in [0.2, 0.25) is 0 Å². The van der Waals surface area contributed by atoms with Gasteiger partial charge in [0.1, 0.15) is 12.4 Å². The number of aromatic amines is 2. The van der Waals surface area contributed by atoms with Crippen LogP contribution in [0, 0.1) is 0 Å². The summed E-state index contributed by atoms with van der Waals surface area (Å²) in [7, 11) is 0. The van der Waals surface area contributed by atoms with Crippen molar-refractivity contribution in [2.24, 2.45) is 0 Å². The van der Waals surface area contributed by atoms with E-state index in [0.29, 0.717) is 0 Å². The minimum atomic E-state index is 0. The molecule has 0 fully saturated rings. The summed E-state index contributed by atoms with van der Waals surface area (Å²) in [5.74, 6) is 0. The summed E-state index contributed by atoms with van der Waals surface area (Å²) < 4.78 is 0. The molecule has 0 aliphatic carbocycles. The summed E-state index contributed by atoms with van der Waals surface area (Å²) in [6, 6.07) is 0. The van der Waals surface area contributed by atoms with Crippen LogP contribution in [-0.4, -0.2) is 4.98 Å². The van der Waals surface area contributed by atoms with Gasteiger partial charge in [0.25, 0.3) is 0 Å². The average Bonchev–Trinajstić information content (AvgIpc) is 1.76. The first-order chi connectivity index (χ1) is 2.50. The smallest absolute Gasteiger partial charge is 0.250 e. The fourth-order valence-corrected chi connectivity index (χ4v) is 0.241. The first-order valence-corrected chi connectivity index (χ1v) is 1.49. The minimum Gasteiger partial charge on any atom is -0.250 e. The van der Waals surface area contributed by atoms with Gasteiger partial charge >= 0.3 is 20.4 Å². The van der Waals surface area contributed by atoms with Crippen LogP contribution in [0.5, 0.6) is 0 Å². The summed E-state index contributed by atoms with van der Waals surface area (Å²) >= 11 is 0. The quantitative estimate of drug-likeness (QED) is 0.531. The van der Waals surface area contributed by atoms with Crippen molar-refractivity contribution in [3.8, 4) is 0 Å². The molecular formula is C3H5N2Pd+3. The number of hydrogen-bond acceptors (Lipinski definition) is 0. The summed E-state index contributed by atoms with van der Waals surface area (Å²) in [6.07, 6.45) is 5.39. The second-order valence-electron chi connectivity index (χ2n) is 0.811. The van der Waals surface area contributed by atoms with E-state index in [0.717, 1.165) is 0 Å². The van der Waals surface area contributed by atoms with Gasteiger partial charge in [-0.15, -0.1) is 0 Å². The Kier molecular flexibility index (Phi) is 3.01. The van der Waals surface area contributed by atoms with E-state index in [-0.39, 0.29) is 20.4 Å². The molecule has 2 N–H and O–H groups in total. The van der Waals surface area contributed by atoms with Gasteiger partial charge in [-0.2, -0.15) is 0 Å². The SMILES string of the molecule is [Pd+2].c1c[nH+]c[nH]1. The van der Waals surface area contributed by atoms with E-state index in [2.05, 4.69) is 9.97 Å². The number of hydrogen-bond donors (Lipinski definition) is 1. The van der Waals surface area contributed by atoms with Crippen molar-refractivity contribution < 1.29 is 25.4 Å². The van der Waals surface area contributed by atoms with Gasteiger partial charge < -0.3 is 0 Å². The van der Waals surface area contributed by atoms with Crippen LogP contribution in [0.3, 0.4) is 0 Å². The first-order valence-electron chi connectivity index (χ1n) is 1.49. The Morgan fingerprint density at radius 3 is 2.50 bits per heavy atom. The Labute approximate surface area is 49.6 Å². The molecule has 0 amide bonds. The van der Waals surface area contributed by atoms with Crippen LogP contribution in [-0.2, 0) is 20.4 Å². The molecule has 34 valence electrons. The number of rotatable bonds is 0. The van der Waals surface area contributed by atoms with Gasteiger partial charge in [-0.3, -0.25) is 9.97 Å².